The molecule has 27 heavy (non-hydrogen) atoms. The molecule has 1 aliphatic carbocycles. The molecule has 0 spiro atoms. The fourth-order valence-electron chi connectivity index (χ4n) is 3.57. The van der Waals surface area contributed by atoms with E-state index in [9.17, 15) is 5.11 Å². The summed E-state index contributed by atoms with van der Waals surface area (Å²) in [7, 11) is 3.24. The molecule has 0 saturated heterocycles. The van der Waals surface area contributed by atoms with E-state index < -0.39 is 0 Å². The Balaban J connectivity index is 1.64. The zero-order valence-corrected chi connectivity index (χ0v) is 15.6. The lowest BCUT2D eigenvalue weighted by Gasteiger charge is -2.26. The maximum Gasteiger partial charge on any atom is 0.161 e. The molecule has 2 heterocycles. The van der Waals surface area contributed by atoms with E-state index in [1.165, 1.54) is 0 Å². The minimum absolute atomic E-state index is 0.163. The van der Waals surface area contributed by atoms with Gasteiger partial charge in [0.1, 0.15) is 5.82 Å². The van der Waals surface area contributed by atoms with Crippen LogP contribution in [0.3, 0.4) is 0 Å². The number of fused-ring (bicyclic) bond motifs is 1. The van der Waals surface area contributed by atoms with Gasteiger partial charge in [-0.15, -0.1) is 5.10 Å². The van der Waals surface area contributed by atoms with Crippen LogP contribution in [0.5, 0.6) is 11.5 Å². The lowest BCUT2D eigenvalue weighted by Crippen LogP contribution is -2.28. The summed E-state index contributed by atoms with van der Waals surface area (Å²) in [6.07, 6.45) is 5.22. The number of nitrogens with one attached hydrogen (secondary N) is 1. The number of aliphatic hydroxyl groups is 1. The molecule has 1 aliphatic rings. The third-order valence-electron chi connectivity index (χ3n) is 5.09. The van der Waals surface area contributed by atoms with E-state index in [2.05, 4.69) is 10.3 Å². The van der Waals surface area contributed by atoms with Crippen molar-refractivity contribution in [2.45, 2.75) is 37.8 Å². The summed E-state index contributed by atoms with van der Waals surface area (Å²) in [5.41, 5.74) is 2.61. The van der Waals surface area contributed by atoms with E-state index >= 15 is 0 Å². The highest BCUT2D eigenvalue weighted by Crippen LogP contribution is 2.32. The summed E-state index contributed by atoms with van der Waals surface area (Å²) >= 11 is 0. The Morgan fingerprint density at radius 3 is 2.56 bits per heavy atom. The Hall–Kier alpha value is -2.80. The monoisotopic (exact) mass is 368 g/mol. The van der Waals surface area contributed by atoms with E-state index in [0.29, 0.717) is 17.5 Å². The van der Waals surface area contributed by atoms with Crippen LogP contribution in [0.25, 0.3) is 16.9 Å². The van der Waals surface area contributed by atoms with Crippen molar-refractivity contribution < 1.29 is 14.6 Å². The van der Waals surface area contributed by atoms with Crippen LogP contribution in [0.4, 0.5) is 5.82 Å². The Bertz CT molecular complexity index is 932. The summed E-state index contributed by atoms with van der Waals surface area (Å²) in [6.45, 7) is 0. The summed E-state index contributed by atoms with van der Waals surface area (Å²) in [5, 5.41) is 17.9. The van der Waals surface area contributed by atoms with Crippen LogP contribution >= 0.6 is 0 Å². The average molecular weight is 368 g/mol. The van der Waals surface area contributed by atoms with Crippen molar-refractivity contribution in [3.8, 4) is 22.8 Å². The normalized spacial score (nSPS) is 19.8. The molecule has 2 N–H and O–H groups in total. The van der Waals surface area contributed by atoms with Gasteiger partial charge in [0, 0.05) is 11.6 Å². The fraction of sp³-hybridized carbons (Fsp3) is 0.400. The van der Waals surface area contributed by atoms with Gasteiger partial charge in [0.2, 0.25) is 0 Å². The molecule has 0 aliphatic heterocycles. The highest BCUT2D eigenvalue weighted by Gasteiger charge is 2.20. The molecule has 0 unspecified atom stereocenters. The summed E-state index contributed by atoms with van der Waals surface area (Å²) < 4.78 is 12.6. The van der Waals surface area contributed by atoms with Crippen LogP contribution in [0.15, 0.2) is 36.5 Å². The van der Waals surface area contributed by atoms with Gasteiger partial charge in [0.05, 0.1) is 32.2 Å². The zero-order valence-electron chi connectivity index (χ0n) is 15.6. The summed E-state index contributed by atoms with van der Waals surface area (Å²) in [4.78, 5) is 4.46. The molecule has 4 rings (SSSR count). The predicted octanol–water partition coefficient (Wildman–Crippen LogP) is 3.13. The number of benzene rings is 1. The molecule has 0 atom stereocenters. The van der Waals surface area contributed by atoms with Gasteiger partial charge >= 0.3 is 0 Å². The van der Waals surface area contributed by atoms with E-state index in [1.54, 1.807) is 14.2 Å². The molecule has 7 heteroatoms. The van der Waals surface area contributed by atoms with Gasteiger partial charge in [-0.3, -0.25) is 0 Å². The van der Waals surface area contributed by atoms with Gasteiger partial charge < -0.3 is 19.9 Å². The Labute approximate surface area is 157 Å². The smallest absolute Gasteiger partial charge is 0.161 e. The maximum absolute atomic E-state index is 9.67. The van der Waals surface area contributed by atoms with Crippen LogP contribution < -0.4 is 14.8 Å². The summed E-state index contributed by atoms with van der Waals surface area (Å²) in [5.74, 6) is 2.16. The Kier molecular flexibility index (Phi) is 4.85. The van der Waals surface area contributed by atoms with E-state index in [1.807, 2.05) is 41.0 Å². The molecular weight excluding hydrogens is 344 g/mol. The highest BCUT2D eigenvalue weighted by atomic mass is 16.5. The number of hydrogen-bond donors (Lipinski definition) is 2. The topological polar surface area (TPSA) is 80.9 Å². The second kappa shape index (κ2) is 7.44. The minimum atomic E-state index is -0.163. The minimum Gasteiger partial charge on any atom is -0.493 e. The lowest BCUT2D eigenvalue weighted by molar-refractivity contribution is 0.126. The number of ether oxygens (including phenoxy) is 2. The highest BCUT2D eigenvalue weighted by molar-refractivity contribution is 5.67. The van der Waals surface area contributed by atoms with Crippen molar-refractivity contribution in [2.75, 3.05) is 19.5 Å². The van der Waals surface area contributed by atoms with Crippen LogP contribution in [-0.4, -0.2) is 46.1 Å². The first kappa shape index (κ1) is 17.6. The number of methoxy groups -OCH3 is 2. The number of aromatic nitrogens is 3. The van der Waals surface area contributed by atoms with Crippen LogP contribution in [0, 0.1) is 0 Å². The molecule has 7 nitrogen and oxygen atoms in total. The number of aliphatic hydroxyl groups excluding tert-OH is 1. The maximum atomic E-state index is 9.67. The average Bonchev–Trinajstić information content (AvgIpc) is 3.12. The van der Waals surface area contributed by atoms with Gasteiger partial charge in [-0.25, -0.2) is 9.50 Å². The van der Waals surface area contributed by atoms with Crippen LogP contribution in [0.2, 0.25) is 0 Å². The number of hydrogen-bond acceptors (Lipinski definition) is 6. The molecule has 142 valence electrons. The molecule has 1 fully saturated rings. The SMILES string of the molecule is COc1ccc(-c2cnc3ccc(NC4CCC(O)CC4)nn23)cc1OC. The zero-order chi connectivity index (χ0) is 18.8. The molecule has 3 aromatic rings. The van der Waals surface area contributed by atoms with E-state index in [4.69, 9.17) is 14.6 Å². The molecule has 0 bridgehead atoms. The molecular formula is C20H24N4O3. The number of anilines is 1. The Morgan fingerprint density at radius 1 is 1.04 bits per heavy atom. The van der Waals surface area contributed by atoms with Crippen LogP contribution in [0.1, 0.15) is 25.7 Å². The second-order valence-corrected chi connectivity index (χ2v) is 6.85. The largest absolute Gasteiger partial charge is 0.493 e. The molecule has 2 aromatic heterocycles. The van der Waals surface area contributed by atoms with Gasteiger partial charge in [-0.2, -0.15) is 0 Å². The van der Waals surface area contributed by atoms with E-state index in [-0.39, 0.29) is 6.10 Å². The van der Waals surface area contributed by atoms with E-state index in [0.717, 1.165) is 48.4 Å². The molecule has 0 radical (unpaired) electrons. The van der Waals surface area contributed by atoms with Gasteiger partial charge in [0.25, 0.3) is 0 Å². The number of imidazole rings is 1. The first-order valence-electron chi connectivity index (χ1n) is 9.19. The Morgan fingerprint density at radius 2 is 1.81 bits per heavy atom. The standard InChI is InChI=1S/C20H24N4O3/c1-26-17-8-3-13(11-18(17)27-2)16-12-21-20-10-9-19(23-24(16)20)22-14-4-6-15(25)7-5-14/h3,8-12,14-15,25H,4-7H2,1-2H3,(H,22,23). The molecule has 1 aromatic carbocycles. The third kappa shape index (κ3) is 3.55. The molecule has 0 amide bonds. The van der Waals surface area contributed by atoms with Crippen molar-refractivity contribution in [1.29, 1.82) is 0 Å². The quantitative estimate of drug-likeness (QED) is 0.720. The first-order valence-corrected chi connectivity index (χ1v) is 9.19. The summed E-state index contributed by atoms with van der Waals surface area (Å²) in [6, 6.07) is 10.0. The number of nitrogens with zero attached hydrogens (tertiary/aromatic N) is 3. The second-order valence-electron chi connectivity index (χ2n) is 6.85. The number of rotatable bonds is 5. The third-order valence-corrected chi connectivity index (χ3v) is 5.09. The van der Waals surface area contributed by atoms with Crippen LogP contribution in [-0.2, 0) is 0 Å². The van der Waals surface area contributed by atoms with Crippen molar-refractivity contribution in [3.05, 3.63) is 36.5 Å². The fourth-order valence-corrected chi connectivity index (χ4v) is 3.57. The molecule has 1 saturated carbocycles. The van der Waals surface area contributed by atoms with Gasteiger partial charge in [-0.1, -0.05) is 0 Å². The van der Waals surface area contributed by atoms with Gasteiger partial charge in [0.15, 0.2) is 17.1 Å². The van der Waals surface area contributed by atoms with Gasteiger partial charge in [-0.05, 0) is 56.0 Å². The van der Waals surface area contributed by atoms with Crippen molar-refractivity contribution in [1.82, 2.24) is 14.6 Å². The first-order chi connectivity index (χ1) is 13.2. The van der Waals surface area contributed by atoms with Crippen molar-refractivity contribution in [3.63, 3.8) is 0 Å². The predicted molar refractivity (Wildman–Crippen MR) is 103 cm³/mol. The van der Waals surface area contributed by atoms with Crippen molar-refractivity contribution >= 4 is 11.5 Å². The van der Waals surface area contributed by atoms with Crippen molar-refractivity contribution in [2.24, 2.45) is 0 Å². The lowest BCUT2D eigenvalue weighted by atomic mass is 9.93.